The van der Waals surface area contributed by atoms with Gasteiger partial charge >= 0.3 is 0 Å². The van der Waals surface area contributed by atoms with Crippen LogP contribution in [0.1, 0.15) is 36.1 Å². The topological polar surface area (TPSA) is 42.1 Å². The molecule has 0 saturated carbocycles. The zero-order chi connectivity index (χ0) is 14.5. The SMILES string of the molecule is Cl.Nc1ncc(CN2CCCCC2CCc2ccccc2)s1. The van der Waals surface area contributed by atoms with Gasteiger partial charge in [0.15, 0.2) is 5.13 Å². The van der Waals surface area contributed by atoms with Gasteiger partial charge in [0.1, 0.15) is 0 Å². The van der Waals surface area contributed by atoms with Crippen LogP contribution in [0.2, 0.25) is 0 Å². The number of halogens is 1. The highest BCUT2D eigenvalue weighted by Crippen LogP contribution is 2.25. The summed E-state index contributed by atoms with van der Waals surface area (Å²) in [7, 11) is 0. The molecule has 1 aromatic carbocycles. The Hall–Kier alpha value is -1.10. The van der Waals surface area contributed by atoms with Crippen molar-refractivity contribution in [3.05, 3.63) is 47.0 Å². The third-order valence-corrected chi connectivity index (χ3v) is 5.10. The lowest BCUT2D eigenvalue weighted by molar-refractivity contribution is 0.133. The molecule has 22 heavy (non-hydrogen) atoms. The van der Waals surface area contributed by atoms with Crippen LogP contribution in [-0.4, -0.2) is 22.5 Å². The summed E-state index contributed by atoms with van der Waals surface area (Å²) < 4.78 is 0. The van der Waals surface area contributed by atoms with Crippen molar-refractivity contribution in [2.24, 2.45) is 0 Å². The Bertz CT molecular complexity index is 558. The van der Waals surface area contributed by atoms with Gasteiger partial charge in [0.05, 0.1) is 0 Å². The number of anilines is 1. The van der Waals surface area contributed by atoms with Crippen molar-refractivity contribution in [2.45, 2.75) is 44.7 Å². The summed E-state index contributed by atoms with van der Waals surface area (Å²) in [6.45, 7) is 2.21. The third-order valence-electron chi connectivity index (χ3n) is 4.29. The third kappa shape index (κ3) is 4.70. The van der Waals surface area contributed by atoms with Gasteiger partial charge in [-0.3, -0.25) is 4.90 Å². The summed E-state index contributed by atoms with van der Waals surface area (Å²) in [5, 5.41) is 0.683. The molecule has 3 rings (SSSR count). The molecule has 1 atom stereocenters. The second-order valence-corrected chi connectivity index (χ2v) is 6.96. The fraction of sp³-hybridized carbons (Fsp3) is 0.471. The highest BCUT2D eigenvalue weighted by Gasteiger charge is 2.22. The second-order valence-electron chi connectivity index (χ2n) is 5.81. The molecule has 0 bridgehead atoms. The van der Waals surface area contributed by atoms with Crippen LogP contribution in [-0.2, 0) is 13.0 Å². The van der Waals surface area contributed by atoms with Crippen LogP contribution in [0.3, 0.4) is 0 Å². The number of aromatic nitrogens is 1. The number of nitrogen functional groups attached to an aromatic ring is 1. The maximum absolute atomic E-state index is 5.74. The van der Waals surface area contributed by atoms with Crippen LogP contribution >= 0.6 is 23.7 Å². The first-order valence-electron chi connectivity index (χ1n) is 7.79. The number of aryl methyl sites for hydroxylation is 1. The van der Waals surface area contributed by atoms with Crippen LogP contribution in [0, 0.1) is 0 Å². The number of hydrogen-bond acceptors (Lipinski definition) is 4. The van der Waals surface area contributed by atoms with Gasteiger partial charge in [-0.2, -0.15) is 0 Å². The summed E-state index contributed by atoms with van der Waals surface area (Å²) in [6.07, 6.45) is 8.35. The molecule has 2 aromatic rings. The van der Waals surface area contributed by atoms with E-state index in [1.54, 1.807) is 11.3 Å². The summed E-state index contributed by atoms with van der Waals surface area (Å²) >= 11 is 1.62. The van der Waals surface area contributed by atoms with Crippen molar-refractivity contribution < 1.29 is 0 Å². The molecule has 1 unspecified atom stereocenters. The van der Waals surface area contributed by atoms with E-state index in [-0.39, 0.29) is 12.4 Å². The Morgan fingerprint density at radius 1 is 1.23 bits per heavy atom. The number of likely N-dealkylation sites (tertiary alicyclic amines) is 1. The van der Waals surface area contributed by atoms with Crippen molar-refractivity contribution in [1.29, 1.82) is 0 Å². The predicted octanol–water partition coefficient (Wildman–Crippen LogP) is 4.13. The minimum absolute atomic E-state index is 0. The van der Waals surface area contributed by atoms with E-state index in [1.165, 1.54) is 49.1 Å². The average molecular weight is 338 g/mol. The standard InChI is InChI=1S/C17H23N3S.ClH/c18-17-19-12-16(21-17)13-20-11-5-4-8-15(20)10-9-14-6-2-1-3-7-14;/h1-3,6-7,12,15H,4-5,8-11,13H2,(H2,18,19);1H. The predicted molar refractivity (Wildman–Crippen MR) is 96.6 cm³/mol. The summed E-state index contributed by atoms with van der Waals surface area (Å²) in [5.41, 5.74) is 7.19. The molecular formula is C17H24ClN3S. The Labute approximate surface area is 143 Å². The molecule has 2 N–H and O–H groups in total. The first-order valence-corrected chi connectivity index (χ1v) is 8.61. The quantitative estimate of drug-likeness (QED) is 0.891. The van der Waals surface area contributed by atoms with Crippen LogP contribution in [0.15, 0.2) is 36.5 Å². The number of nitrogens with zero attached hydrogens (tertiary/aromatic N) is 2. The zero-order valence-electron chi connectivity index (χ0n) is 12.8. The Balaban J connectivity index is 0.00000176. The molecule has 0 spiro atoms. The minimum atomic E-state index is 0. The maximum atomic E-state index is 5.74. The molecule has 0 aliphatic carbocycles. The first kappa shape index (κ1) is 17.3. The normalized spacial score (nSPS) is 18.8. The van der Waals surface area contributed by atoms with Gasteiger partial charge in [0.25, 0.3) is 0 Å². The smallest absolute Gasteiger partial charge is 0.180 e. The van der Waals surface area contributed by atoms with Gasteiger partial charge in [0.2, 0.25) is 0 Å². The zero-order valence-corrected chi connectivity index (χ0v) is 14.4. The van der Waals surface area contributed by atoms with Crippen LogP contribution in [0.5, 0.6) is 0 Å². The summed E-state index contributed by atoms with van der Waals surface area (Å²) in [4.78, 5) is 8.09. The number of rotatable bonds is 5. The molecule has 1 saturated heterocycles. The molecule has 1 aromatic heterocycles. The first-order chi connectivity index (χ1) is 10.3. The largest absolute Gasteiger partial charge is 0.375 e. The van der Waals surface area contributed by atoms with Crippen LogP contribution < -0.4 is 5.73 Å². The molecule has 0 amide bonds. The van der Waals surface area contributed by atoms with E-state index >= 15 is 0 Å². The maximum Gasteiger partial charge on any atom is 0.180 e. The second kappa shape index (κ2) is 8.51. The molecule has 5 heteroatoms. The molecule has 2 heterocycles. The lowest BCUT2D eigenvalue weighted by Gasteiger charge is -2.35. The Morgan fingerprint density at radius 2 is 2.05 bits per heavy atom. The molecule has 120 valence electrons. The lowest BCUT2D eigenvalue weighted by Crippen LogP contribution is -2.39. The van der Waals surface area contributed by atoms with E-state index < -0.39 is 0 Å². The molecule has 0 radical (unpaired) electrons. The van der Waals surface area contributed by atoms with Crippen LogP contribution in [0.4, 0.5) is 5.13 Å². The fourth-order valence-corrected chi connectivity index (χ4v) is 3.88. The van der Waals surface area contributed by atoms with E-state index in [4.69, 9.17) is 5.73 Å². The van der Waals surface area contributed by atoms with Gasteiger partial charge in [-0.1, -0.05) is 36.8 Å². The molecule has 1 aliphatic rings. The van der Waals surface area contributed by atoms with Crippen molar-refractivity contribution >= 4 is 28.9 Å². The number of piperidine rings is 1. The van der Waals surface area contributed by atoms with Gasteiger partial charge in [-0.05, 0) is 37.8 Å². The van der Waals surface area contributed by atoms with Crippen LogP contribution in [0.25, 0.3) is 0 Å². The van der Waals surface area contributed by atoms with Crippen molar-refractivity contribution in [1.82, 2.24) is 9.88 Å². The van der Waals surface area contributed by atoms with Crippen molar-refractivity contribution in [3.8, 4) is 0 Å². The van der Waals surface area contributed by atoms with E-state index in [0.717, 1.165) is 6.54 Å². The lowest BCUT2D eigenvalue weighted by atomic mass is 9.96. The van der Waals surface area contributed by atoms with Crippen molar-refractivity contribution in [3.63, 3.8) is 0 Å². The number of thiazole rings is 1. The number of nitrogens with two attached hydrogens (primary N) is 1. The monoisotopic (exact) mass is 337 g/mol. The molecule has 1 fully saturated rings. The van der Waals surface area contributed by atoms with E-state index in [0.29, 0.717) is 11.2 Å². The van der Waals surface area contributed by atoms with Crippen molar-refractivity contribution in [2.75, 3.05) is 12.3 Å². The highest BCUT2D eigenvalue weighted by molar-refractivity contribution is 7.15. The van der Waals surface area contributed by atoms with Gasteiger partial charge in [0, 0.05) is 23.7 Å². The van der Waals surface area contributed by atoms with Gasteiger partial charge in [-0.25, -0.2) is 4.98 Å². The van der Waals surface area contributed by atoms with Gasteiger partial charge in [-0.15, -0.1) is 23.7 Å². The average Bonchev–Trinajstić information content (AvgIpc) is 2.93. The highest BCUT2D eigenvalue weighted by atomic mass is 35.5. The Morgan fingerprint density at radius 3 is 2.77 bits per heavy atom. The minimum Gasteiger partial charge on any atom is -0.375 e. The number of hydrogen-bond donors (Lipinski definition) is 1. The van der Waals surface area contributed by atoms with Gasteiger partial charge < -0.3 is 5.73 Å². The Kier molecular flexibility index (Phi) is 6.68. The van der Waals surface area contributed by atoms with E-state index in [1.807, 2.05) is 6.20 Å². The molecule has 1 aliphatic heterocycles. The van der Waals surface area contributed by atoms with E-state index in [9.17, 15) is 0 Å². The summed E-state index contributed by atoms with van der Waals surface area (Å²) in [5.74, 6) is 0. The molecular weight excluding hydrogens is 314 g/mol. The summed E-state index contributed by atoms with van der Waals surface area (Å²) in [6, 6.07) is 11.5. The van der Waals surface area contributed by atoms with E-state index in [2.05, 4.69) is 40.2 Å². The molecule has 3 nitrogen and oxygen atoms in total. The fourth-order valence-electron chi connectivity index (χ4n) is 3.17. The number of benzene rings is 1.